The van der Waals surface area contributed by atoms with Crippen LogP contribution in [-0.4, -0.2) is 52.3 Å². The Morgan fingerprint density at radius 2 is 1.72 bits per heavy atom. The van der Waals surface area contributed by atoms with Crippen LogP contribution in [0.1, 0.15) is 35.8 Å². The van der Waals surface area contributed by atoms with Gasteiger partial charge in [-0.1, -0.05) is 54.6 Å². The molecule has 7 rings (SSSR count). The maximum Gasteiger partial charge on any atom is 0.165 e. The van der Waals surface area contributed by atoms with E-state index < -0.39 is 0 Å². The highest BCUT2D eigenvalue weighted by Gasteiger charge is 2.24. The first kappa shape index (κ1) is 23.7. The third kappa shape index (κ3) is 4.46. The van der Waals surface area contributed by atoms with Gasteiger partial charge < -0.3 is 4.57 Å². The Morgan fingerprint density at radius 1 is 0.923 bits per heavy atom. The van der Waals surface area contributed by atoms with E-state index in [-0.39, 0.29) is 0 Å². The van der Waals surface area contributed by atoms with Crippen molar-refractivity contribution in [1.29, 1.82) is 0 Å². The highest BCUT2D eigenvalue weighted by atomic mass is 15.3. The van der Waals surface area contributed by atoms with Gasteiger partial charge in [0.1, 0.15) is 12.2 Å². The van der Waals surface area contributed by atoms with Gasteiger partial charge in [0.2, 0.25) is 0 Å². The van der Waals surface area contributed by atoms with Crippen molar-refractivity contribution >= 4 is 16.7 Å². The molecule has 4 aromatic heterocycles. The van der Waals surface area contributed by atoms with Gasteiger partial charge in [0.15, 0.2) is 11.3 Å². The summed E-state index contributed by atoms with van der Waals surface area (Å²) in [5, 5.41) is 14.0. The number of fused-ring (bicyclic) bond motifs is 3. The van der Waals surface area contributed by atoms with E-state index in [2.05, 4.69) is 84.3 Å². The highest BCUT2D eigenvalue weighted by Crippen LogP contribution is 2.34. The number of aromatic nitrogens is 7. The molecule has 1 aliphatic heterocycles. The summed E-state index contributed by atoms with van der Waals surface area (Å²) in [5.74, 6) is 1.60. The number of rotatable bonds is 5. The first-order valence-electron chi connectivity index (χ1n) is 13.5. The van der Waals surface area contributed by atoms with Gasteiger partial charge in [0.05, 0.1) is 11.4 Å². The lowest BCUT2D eigenvalue weighted by atomic mass is 9.95. The predicted octanol–water partition coefficient (Wildman–Crippen LogP) is 5.43. The molecule has 0 amide bonds. The molecule has 1 fully saturated rings. The van der Waals surface area contributed by atoms with Crippen LogP contribution in [0.25, 0.3) is 39.1 Å². The van der Waals surface area contributed by atoms with Crippen molar-refractivity contribution in [3.63, 3.8) is 0 Å². The molecule has 0 spiro atoms. The third-order valence-electron chi connectivity index (χ3n) is 7.80. The SMILES string of the molecule is Cc1cc2ncc3cc(-c4ccccc4)c(-c4ccc(CN5CCC(c6nncn6C)CC5)cc4)nc3n2n1. The van der Waals surface area contributed by atoms with Crippen molar-refractivity contribution in [3.05, 3.63) is 96.3 Å². The molecule has 8 heteroatoms. The Hall–Kier alpha value is -4.43. The molecule has 39 heavy (non-hydrogen) atoms. The Balaban J connectivity index is 1.18. The van der Waals surface area contributed by atoms with E-state index in [1.807, 2.05) is 36.8 Å². The van der Waals surface area contributed by atoms with E-state index in [1.54, 1.807) is 6.33 Å². The van der Waals surface area contributed by atoms with Gasteiger partial charge in [0, 0.05) is 48.3 Å². The molecule has 0 unspecified atom stereocenters. The Kier molecular flexibility index (Phi) is 5.89. The molecule has 1 saturated heterocycles. The minimum absolute atomic E-state index is 0.492. The van der Waals surface area contributed by atoms with E-state index in [1.165, 1.54) is 5.56 Å². The fourth-order valence-corrected chi connectivity index (χ4v) is 5.75. The van der Waals surface area contributed by atoms with Crippen LogP contribution in [-0.2, 0) is 13.6 Å². The minimum atomic E-state index is 0.492. The number of hydrogen-bond donors (Lipinski definition) is 0. The fraction of sp³-hybridized carbons (Fsp3) is 0.258. The second kappa shape index (κ2) is 9.71. The van der Waals surface area contributed by atoms with Crippen LogP contribution in [0.3, 0.4) is 0 Å². The molecule has 0 aliphatic carbocycles. The van der Waals surface area contributed by atoms with Crippen LogP contribution in [0.15, 0.2) is 79.3 Å². The van der Waals surface area contributed by atoms with Crippen LogP contribution >= 0.6 is 0 Å². The maximum absolute atomic E-state index is 5.19. The molecule has 0 atom stereocenters. The van der Waals surface area contributed by atoms with Crippen molar-refractivity contribution in [2.45, 2.75) is 32.2 Å². The molecular formula is C31H30N8. The van der Waals surface area contributed by atoms with Gasteiger partial charge in [-0.25, -0.2) is 9.97 Å². The lowest BCUT2D eigenvalue weighted by Crippen LogP contribution is -2.33. The van der Waals surface area contributed by atoms with Gasteiger partial charge in [-0.2, -0.15) is 9.61 Å². The molecule has 0 radical (unpaired) electrons. The number of benzene rings is 2. The topological polar surface area (TPSA) is 77.0 Å². The number of piperidine rings is 1. The molecule has 6 aromatic rings. The smallest absolute Gasteiger partial charge is 0.165 e. The quantitative estimate of drug-likeness (QED) is 0.305. The van der Waals surface area contributed by atoms with E-state index in [0.717, 1.165) is 83.1 Å². The van der Waals surface area contributed by atoms with Crippen LogP contribution in [0.4, 0.5) is 0 Å². The predicted molar refractivity (Wildman–Crippen MR) is 152 cm³/mol. The molecule has 0 saturated carbocycles. The third-order valence-corrected chi connectivity index (χ3v) is 7.80. The summed E-state index contributed by atoms with van der Waals surface area (Å²) in [7, 11) is 2.03. The number of likely N-dealkylation sites (tertiary alicyclic amines) is 1. The lowest BCUT2D eigenvalue weighted by molar-refractivity contribution is 0.200. The second-order valence-corrected chi connectivity index (χ2v) is 10.5. The fourth-order valence-electron chi connectivity index (χ4n) is 5.75. The van der Waals surface area contributed by atoms with Crippen LogP contribution in [0.2, 0.25) is 0 Å². The summed E-state index contributed by atoms with van der Waals surface area (Å²) in [6.07, 6.45) is 5.92. The van der Waals surface area contributed by atoms with Crippen LogP contribution in [0, 0.1) is 6.92 Å². The first-order chi connectivity index (χ1) is 19.1. The van der Waals surface area contributed by atoms with Crippen LogP contribution in [0.5, 0.6) is 0 Å². The van der Waals surface area contributed by atoms with Gasteiger partial charge in [-0.15, -0.1) is 10.2 Å². The summed E-state index contributed by atoms with van der Waals surface area (Å²) in [4.78, 5) is 12.3. The summed E-state index contributed by atoms with van der Waals surface area (Å²) in [6, 6.07) is 23.5. The summed E-state index contributed by atoms with van der Waals surface area (Å²) in [6.45, 7) is 5.06. The van der Waals surface area contributed by atoms with E-state index in [0.29, 0.717) is 5.92 Å². The molecule has 8 nitrogen and oxygen atoms in total. The highest BCUT2D eigenvalue weighted by molar-refractivity contribution is 5.90. The molecular weight excluding hydrogens is 484 g/mol. The zero-order valence-corrected chi connectivity index (χ0v) is 22.2. The largest absolute Gasteiger partial charge is 0.320 e. The lowest BCUT2D eigenvalue weighted by Gasteiger charge is -2.31. The van der Waals surface area contributed by atoms with E-state index in [4.69, 9.17) is 4.98 Å². The Labute approximate surface area is 227 Å². The molecule has 1 aliphatic rings. The first-order valence-corrected chi connectivity index (χ1v) is 13.5. The summed E-state index contributed by atoms with van der Waals surface area (Å²) >= 11 is 0. The van der Waals surface area contributed by atoms with E-state index >= 15 is 0 Å². The molecule has 5 heterocycles. The van der Waals surface area contributed by atoms with Gasteiger partial charge in [-0.05, 0) is 50.0 Å². The molecule has 2 aromatic carbocycles. The average Bonchev–Trinajstić information content (AvgIpc) is 3.58. The Bertz CT molecular complexity index is 1760. The summed E-state index contributed by atoms with van der Waals surface area (Å²) < 4.78 is 3.90. The van der Waals surface area contributed by atoms with Crippen molar-refractivity contribution in [2.24, 2.45) is 7.05 Å². The monoisotopic (exact) mass is 514 g/mol. The van der Waals surface area contributed by atoms with Crippen LogP contribution < -0.4 is 0 Å². The molecule has 194 valence electrons. The van der Waals surface area contributed by atoms with E-state index in [9.17, 15) is 0 Å². The standard InChI is InChI=1S/C31H30N8/c1-21-16-28-32-18-26-17-27(23-6-4-3-5-7-23)29(34-30(26)39(28)36-21)24-10-8-22(9-11-24)19-38-14-12-25(13-15-38)31-35-33-20-37(31)2/h3-11,16-18,20,25H,12-15,19H2,1-2H3. The zero-order chi connectivity index (χ0) is 26.3. The van der Waals surface area contributed by atoms with Gasteiger partial charge >= 0.3 is 0 Å². The van der Waals surface area contributed by atoms with Crippen molar-refractivity contribution in [3.8, 4) is 22.4 Å². The number of aryl methyl sites for hydroxylation is 2. The van der Waals surface area contributed by atoms with Crippen molar-refractivity contribution < 1.29 is 0 Å². The van der Waals surface area contributed by atoms with Gasteiger partial charge in [0.25, 0.3) is 0 Å². The van der Waals surface area contributed by atoms with Crippen molar-refractivity contribution in [1.82, 2.24) is 39.2 Å². The number of hydrogen-bond acceptors (Lipinski definition) is 6. The molecule has 0 bridgehead atoms. The summed E-state index contributed by atoms with van der Waals surface area (Å²) in [5.41, 5.74) is 8.13. The molecule has 0 N–H and O–H groups in total. The normalized spacial score (nSPS) is 14.9. The average molecular weight is 515 g/mol. The van der Waals surface area contributed by atoms with Gasteiger partial charge in [-0.3, -0.25) is 4.90 Å². The number of nitrogens with zero attached hydrogens (tertiary/aromatic N) is 8. The zero-order valence-electron chi connectivity index (χ0n) is 22.2. The maximum atomic E-state index is 5.19. The second-order valence-electron chi connectivity index (χ2n) is 10.5. The minimum Gasteiger partial charge on any atom is -0.320 e. The number of pyridine rings is 1. The Morgan fingerprint density at radius 3 is 2.46 bits per heavy atom. The van der Waals surface area contributed by atoms with Crippen molar-refractivity contribution in [2.75, 3.05) is 13.1 Å².